The molecule has 1 aliphatic rings. The molecule has 0 aliphatic carbocycles. The van der Waals surface area contributed by atoms with Crippen LogP contribution < -0.4 is 10.6 Å². The molecule has 1 heterocycles. The largest absolute Gasteiger partial charge is 0.398 e. The lowest BCUT2D eigenvalue weighted by molar-refractivity contribution is 0.101. The van der Waals surface area contributed by atoms with Gasteiger partial charge in [-0.05, 0) is 52.1 Å². The number of benzene rings is 1. The van der Waals surface area contributed by atoms with E-state index in [4.69, 9.17) is 5.73 Å². The maximum Gasteiger partial charge on any atom is 0.161 e. The second-order valence-electron chi connectivity index (χ2n) is 5.58. The van der Waals surface area contributed by atoms with Crippen LogP contribution in [0.3, 0.4) is 0 Å². The number of ketones is 1. The van der Waals surface area contributed by atoms with Gasteiger partial charge in [-0.1, -0.05) is 0 Å². The summed E-state index contributed by atoms with van der Waals surface area (Å²) >= 11 is 0. The molecular formula is C15H23N3O. The summed E-state index contributed by atoms with van der Waals surface area (Å²) in [4.78, 5) is 16.2. The first-order valence-corrected chi connectivity index (χ1v) is 6.81. The molecule has 2 N–H and O–H groups in total. The minimum absolute atomic E-state index is 0.0303. The number of Topliss-reactive ketones (excluding diaryl/α,β-unsaturated/α-hetero) is 1. The Kier molecular flexibility index (Phi) is 4.10. The highest BCUT2D eigenvalue weighted by atomic mass is 16.1. The van der Waals surface area contributed by atoms with E-state index in [9.17, 15) is 4.79 Å². The van der Waals surface area contributed by atoms with Crippen molar-refractivity contribution in [3.8, 4) is 0 Å². The fourth-order valence-corrected chi connectivity index (χ4v) is 2.81. The maximum absolute atomic E-state index is 11.6. The van der Waals surface area contributed by atoms with Gasteiger partial charge in [0.05, 0.1) is 0 Å². The molecule has 104 valence electrons. The Morgan fingerprint density at radius 3 is 2.84 bits per heavy atom. The van der Waals surface area contributed by atoms with Gasteiger partial charge in [-0.3, -0.25) is 4.79 Å². The number of carbonyl (C=O) groups is 1. The van der Waals surface area contributed by atoms with Gasteiger partial charge in [0, 0.05) is 36.1 Å². The molecule has 4 heteroatoms. The van der Waals surface area contributed by atoms with Crippen molar-refractivity contribution < 1.29 is 4.79 Å². The topological polar surface area (TPSA) is 49.6 Å². The summed E-state index contributed by atoms with van der Waals surface area (Å²) in [6.07, 6.45) is 2.41. The third kappa shape index (κ3) is 3.07. The average molecular weight is 261 g/mol. The van der Waals surface area contributed by atoms with E-state index in [2.05, 4.69) is 23.9 Å². The van der Waals surface area contributed by atoms with E-state index in [0.717, 1.165) is 18.8 Å². The van der Waals surface area contributed by atoms with Crippen molar-refractivity contribution in [3.63, 3.8) is 0 Å². The summed E-state index contributed by atoms with van der Waals surface area (Å²) in [7, 11) is 4.20. The molecule has 0 radical (unpaired) electrons. The lowest BCUT2D eigenvalue weighted by Crippen LogP contribution is -2.37. The number of nitrogen functional groups attached to an aromatic ring is 1. The van der Waals surface area contributed by atoms with Gasteiger partial charge < -0.3 is 15.5 Å². The van der Waals surface area contributed by atoms with Gasteiger partial charge >= 0.3 is 0 Å². The minimum atomic E-state index is 0.0303. The molecule has 0 aromatic heterocycles. The zero-order valence-corrected chi connectivity index (χ0v) is 12.0. The summed E-state index contributed by atoms with van der Waals surface area (Å²) in [6, 6.07) is 6.33. The number of anilines is 2. The van der Waals surface area contributed by atoms with Crippen LogP contribution in [0.5, 0.6) is 0 Å². The van der Waals surface area contributed by atoms with E-state index in [1.165, 1.54) is 12.8 Å². The Hall–Kier alpha value is -1.55. The number of rotatable bonds is 4. The highest BCUT2D eigenvalue weighted by molar-refractivity contribution is 6.00. The van der Waals surface area contributed by atoms with E-state index in [1.807, 2.05) is 18.2 Å². The zero-order chi connectivity index (χ0) is 14.0. The van der Waals surface area contributed by atoms with E-state index in [1.54, 1.807) is 6.92 Å². The second-order valence-corrected chi connectivity index (χ2v) is 5.58. The SMILES string of the molecule is CC(=O)c1cc(N2CCCC2CN(C)C)ccc1N. The van der Waals surface area contributed by atoms with Gasteiger partial charge in [-0.25, -0.2) is 0 Å². The van der Waals surface area contributed by atoms with Crippen molar-refractivity contribution in [3.05, 3.63) is 23.8 Å². The molecule has 1 saturated heterocycles. The van der Waals surface area contributed by atoms with Crippen molar-refractivity contribution in [1.29, 1.82) is 0 Å². The summed E-state index contributed by atoms with van der Waals surface area (Å²) in [5.74, 6) is 0.0303. The molecule has 4 nitrogen and oxygen atoms in total. The van der Waals surface area contributed by atoms with Gasteiger partial charge in [0.25, 0.3) is 0 Å². The Morgan fingerprint density at radius 2 is 2.21 bits per heavy atom. The Morgan fingerprint density at radius 1 is 1.47 bits per heavy atom. The second kappa shape index (κ2) is 5.61. The number of hydrogen-bond donors (Lipinski definition) is 1. The predicted molar refractivity (Wildman–Crippen MR) is 79.8 cm³/mol. The summed E-state index contributed by atoms with van der Waals surface area (Å²) in [6.45, 7) is 3.66. The van der Waals surface area contributed by atoms with Crippen molar-refractivity contribution in [2.45, 2.75) is 25.8 Å². The number of nitrogens with zero attached hydrogens (tertiary/aromatic N) is 2. The summed E-state index contributed by atoms with van der Waals surface area (Å²) < 4.78 is 0. The third-order valence-electron chi connectivity index (χ3n) is 3.70. The highest BCUT2D eigenvalue weighted by Gasteiger charge is 2.25. The molecule has 0 bridgehead atoms. The third-order valence-corrected chi connectivity index (χ3v) is 3.70. The molecule has 1 atom stereocenters. The molecule has 1 fully saturated rings. The first kappa shape index (κ1) is 13.9. The van der Waals surface area contributed by atoms with Crippen molar-refractivity contribution >= 4 is 17.2 Å². The molecule has 1 aromatic carbocycles. The lowest BCUT2D eigenvalue weighted by atomic mass is 10.1. The molecule has 1 unspecified atom stereocenters. The fourth-order valence-electron chi connectivity index (χ4n) is 2.81. The Bertz CT molecular complexity index is 470. The van der Waals surface area contributed by atoms with Crippen LogP contribution >= 0.6 is 0 Å². The molecule has 0 spiro atoms. The van der Waals surface area contributed by atoms with Gasteiger partial charge in [0.1, 0.15) is 0 Å². The van der Waals surface area contributed by atoms with Crippen LogP contribution in [-0.2, 0) is 0 Å². The molecule has 19 heavy (non-hydrogen) atoms. The van der Waals surface area contributed by atoms with Gasteiger partial charge in [-0.15, -0.1) is 0 Å². The molecular weight excluding hydrogens is 238 g/mol. The monoisotopic (exact) mass is 261 g/mol. The Balaban J connectivity index is 2.25. The first-order chi connectivity index (χ1) is 8.99. The van der Waals surface area contributed by atoms with Gasteiger partial charge in [0.2, 0.25) is 0 Å². The van der Waals surface area contributed by atoms with Crippen LogP contribution in [0.1, 0.15) is 30.1 Å². The zero-order valence-electron chi connectivity index (χ0n) is 12.0. The van der Waals surface area contributed by atoms with Crippen LogP contribution in [-0.4, -0.2) is 43.9 Å². The number of hydrogen-bond acceptors (Lipinski definition) is 4. The van der Waals surface area contributed by atoms with Crippen molar-refractivity contribution in [2.24, 2.45) is 0 Å². The van der Waals surface area contributed by atoms with E-state index in [0.29, 0.717) is 17.3 Å². The maximum atomic E-state index is 11.6. The normalized spacial score (nSPS) is 19.2. The summed E-state index contributed by atoms with van der Waals surface area (Å²) in [5.41, 5.74) is 8.17. The van der Waals surface area contributed by atoms with Crippen LogP contribution in [0.2, 0.25) is 0 Å². The van der Waals surface area contributed by atoms with E-state index >= 15 is 0 Å². The number of carbonyl (C=O) groups excluding carboxylic acids is 1. The van der Waals surface area contributed by atoms with Crippen LogP contribution in [0.4, 0.5) is 11.4 Å². The standard InChI is InChI=1S/C15H23N3O/c1-11(19)14-9-12(6-7-15(14)16)18-8-4-5-13(18)10-17(2)3/h6-7,9,13H,4-5,8,10,16H2,1-3H3. The van der Waals surface area contributed by atoms with Crippen LogP contribution in [0, 0.1) is 0 Å². The lowest BCUT2D eigenvalue weighted by Gasteiger charge is -2.29. The molecule has 1 aromatic rings. The van der Waals surface area contributed by atoms with E-state index < -0.39 is 0 Å². The van der Waals surface area contributed by atoms with Crippen LogP contribution in [0.25, 0.3) is 0 Å². The number of nitrogens with two attached hydrogens (primary N) is 1. The fraction of sp³-hybridized carbons (Fsp3) is 0.533. The van der Waals surface area contributed by atoms with Gasteiger partial charge in [-0.2, -0.15) is 0 Å². The smallest absolute Gasteiger partial charge is 0.161 e. The quantitative estimate of drug-likeness (QED) is 0.665. The summed E-state index contributed by atoms with van der Waals surface area (Å²) in [5, 5.41) is 0. The van der Waals surface area contributed by atoms with Gasteiger partial charge in [0.15, 0.2) is 5.78 Å². The van der Waals surface area contributed by atoms with Crippen molar-refractivity contribution in [1.82, 2.24) is 4.90 Å². The Labute approximate surface area is 115 Å². The molecule has 0 saturated carbocycles. The average Bonchev–Trinajstić information content (AvgIpc) is 2.76. The minimum Gasteiger partial charge on any atom is -0.398 e. The molecule has 1 aliphatic heterocycles. The molecule has 2 rings (SSSR count). The predicted octanol–water partition coefficient (Wildman–Crippen LogP) is 2.00. The highest BCUT2D eigenvalue weighted by Crippen LogP contribution is 2.28. The molecule has 0 amide bonds. The first-order valence-electron chi connectivity index (χ1n) is 6.81. The van der Waals surface area contributed by atoms with Crippen molar-refractivity contribution in [2.75, 3.05) is 37.8 Å². The van der Waals surface area contributed by atoms with E-state index in [-0.39, 0.29) is 5.78 Å². The number of likely N-dealkylation sites (N-methyl/N-ethyl adjacent to an activating group) is 1. The van der Waals surface area contributed by atoms with Crippen LogP contribution in [0.15, 0.2) is 18.2 Å².